The summed E-state index contributed by atoms with van der Waals surface area (Å²) in [7, 11) is 1.56. The van der Waals surface area contributed by atoms with E-state index in [2.05, 4.69) is 45.1 Å². The first-order valence-corrected chi connectivity index (χ1v) is 7.84. The topological polar surface area (TPSA) is 47.6 Å². The second kappa shape index (κ2) is 6.53. The molecule has 1 fully saturated rings. The minimum atomic E-state index is -0.340. The van der Waals surface area contributed by atoms with Crippen LogP contribution in [0.3, 0.4) is 0 Å². The molecule has 2 rings (SSSR count). The Balaban J connectivity index is 2.14. The van der Waals surface area contributed by atoms with Crippen LogP contribution in [0.4, 0.5) is 0 Å². The quantitative estimate of drug-likeness (QED) is 0.644. The van der Waals surface area contributed by atoms with Crippen molar-refractivity contribution in [1.29, 1.82) is 0 Å². The van der Waals surface area contributed by atoms with E-state index in [0.29, 0.717) is 6.42 Å². The molecule has 1 heterocycles. The maximum absolute atomic E-state index is 10.8. The third-order valence-electron chi connectivity index (χ3n) is 4.76. The normalized spacial score (nSPS) is 20.9. The number of carbonyl (C=O) groups excluding carboxylic acids is 1. The van der Waals surface area contributed by atoms with Crippen molar-refractivity contribution in [3.63, 3.8) is 0 Å². The van der Waals surface area contributed by atoms with E-state index in [0.717, 1.165) is 23.9 Å². The van der Waals surface area contributed by atoms with E-state index in [-0.39, 0.29) is 24.2 Å². The summed E-state index contributed by atoms with van der Waals surface area (Å²) >= 11 is 0. The summed E-state index contributed by atoms with van der Waals surface area (Å²) in [6, 6.07) is 8.19. The fourth-order valence-corrected chi connectivity index (χ4v) is 2.60. The van der Waals surface area contributed by atoms with E-state index in [1.807, 2.05) is 19.2 Å². The number of hydrogen-bond acceptors (Lipinski definition) is 4. The molecule has 0 aromatic heterocycles. The zero-order valence-electron chi connectivity index (χ0n) is 14.2. The Bertz CT molecular complexity index is 497. The summed E-state index contributed by atoms with van der Waals surface area (Å²) in [4.78, 5) is 10.8. The molecule has 0 bridgehead atoms. The van der Waals surface area contributed by atoms with Gasteiger partial charge in [-0.3, -0.25) is 0 Å². The molecule has 4 nitrogen and oxygen atoms in total. The van der Waals surface area contributed by atoms with Crippen LogP contribution in [0.2, 0.25) is 0 Å². The van der Waals surface area contributed by atoms with Gasteiger partial charge in [-0.05, 0) is 45.8 Å². The van der Waals surface area contributed by atoms with Crippen LogP contribution < -0.4 is 10.8 Å². The van der Waals surface area contributed by atoms with E-state index in [1.165, 1.54) is 0 Å². The number of hydrogen-bond donors (Lipinski definition) is 1. The lowest BCUT2D eigenvalue weighted by molar-refractivity contribution is -0.108. The summed E-state index contributed by atoms with van der Waals surface area (Å²) in [5, 5.41) is 3.13. The van der Waals surface area contributed by atoms with Crippen LogP contribution in [0, 0.1) is 0 Å². The maximum Gasteiger partial charge on any atom is 0.494 e. The van der Waals surface area contributed by atoms with E-state index < -0.39 is 0 Å². The molecule has 1 saturated heterocycles. The van der Waals surface area contributed by atoms with Crippen LogP contribution >= 0.6 is 0 Å². The highest BCUT2D eigenvalue weighted by Gasteiger charge is 2.51. The fourth-order valence-electron chi connectivity index (χ4n) is 2.60. The third kappa shape index (κ3) is 3.42. The van der Waals surface area contributed by atoms with Gasteiger partial charge in [0.25, 0.3) is 0 Å². The van der Waals surface area contributed by atoms with Crippen LogP contribution in [0.5, 0.6) is 0 Å². The minimum absolute atomic E-state index is 0.204. The Kier molecular flexibility index (Phi) is 5.10. The number of aldehydes is 1. The van der Waals surface area contributed by atoms with Gasteiger partial charge in [-0.1, -0.05) is 24.3 Å². The van der Waals surface area contributed by atoms with Gasteiger partial charge in [0.2, 0.25) is 0 Å². The molecule has 1 aromatic carbocycles. The Morgan fingerprint density at radius 1 is 1.14 bits per heavy atom. The standard InChI is InChI=1S/C17H26BNO3/c1-16(2)17(3,4)22-18(21-16)15-8-6-13(7-9-15)14(10-11-20)12-19-5/h6-9,11,14,19H,10,12H2,1-5H3. The number of benzene rings is 1. The van der Waals surface area contributed by atoms with Crippen molar-refractivity contribution in [2.24, 2.45) is 0 Å². The zero-order valence-corrected chi connectivity index (χ0v) is 14.2. The highest BCUT2D eigenvalue weighted by molar-refractivity contribution is 6.62. The van der Waals surface area contributed by atoms with Gasteiger partial charge in [0, 0.05) is 18.9 Å². The van der Waals surface area contributed by atoms with Gasteiger partial charge in [-0.2, -0.15) is 0 Å². The Morgan fingerprint density at radius 3 is 2.14 bits per heavy atom. The zero-order chi connectivity index (χ0) is 16.4. The van der Waals surface area contributed by atoms with Crippen molar-refractivity contribution >= 4 is 18.9 Å². The molecule has 0 aliphatic carbocycles. The van der Waals surface area contributed by atoms with Gasteiger partial charge < -0.3 is 19.4 Å². The summed E-state index contributed by atoms with van der Waals surface area (Å²) in [6.07, 6.45) is 1.50. The molecular weight excluding hydrogens is 277 g/mol. The monoisotopic (exact) mass is 303 g/mol. The van der Waals surface area contributed by atoms with Gasteiger partial charge in [0.1, 0.15) is 6.29 Å². The van der Waals surface area contributed by atoms with Gasteiger partial charge in [0.15, 0.2) is 0 Å². The SMILES string of the molecule is CNCC(CC=O)c1ccc(B2OC(C)(C)C(C)(C)O2)cc1. The number of nitrogens with one attached hydrogen (secondary N) is 1. The first-order chi connectivity index (χ1) is 10.3. The number of carbonyl (C=O) groups is 1. The predicted molar refractivity (Wildman–Crippen MR) is 89.5 cm³/mol. The van der Waals surface area contributed by atoms with E-state index in [9.17, 15) is 4.79 Å². The van der Waals surface area contributed by atoms with Gasteiger partial charge >= 0.3 is 7.12 Å². The Labute approximate surface area is 133 Å². The van der Waals surface area contributed by atoms with Crippen molar-refractivity contribution in [3.8, 4) is 0 Å². The summed E-state index contributed by atoms with van der Waals surface area (Å²) in [6.45, 7) is 8.99. The molecule has 1 aliphatic rings. The molecule has 22 heavy (non-hydrogen) atoms. The van der Waals surface area contributed by atoms with E-state index >= 15 is 0 Å². The highest BCUT2D eigenvalue weighted by atomic mass is 16.7. The Hall–Kier alpha value is -1.17. The molecule has 120 valence electrons. The minimum Gasteiger partial charge on any atom is -0.399 e. The van der Waals surface area contributed by atoms with Crippen molar-refractivity contribution in [1.82, 2.24) is 5.32 Å². The fraction of sp³-hybridized carbons (Fsp3) is 0.588. The Morgan fingerprint density at radius 2 is 1.68 bits per heavy atom. The van der Waals surface area contributed by atoms with Crippen molar-refractivity contribution < 1.29 is 14.1 Å². The first-order valence-electron chi connectivity index (χ1n) is 7.84. The van der Waals surface area contributed by atoms with E-state index in [1.54, 1.807) is 0 Å². The van der Waals surface area contributed by atoms with Gasteiger partial charge in [0.05, 0.1) is 11.2 Å². The second-order valence-corrected chi connectivity index (χ2v) is 6.91. The van der Waals surface area contributed by atoms with Gasteiger partial charge in [-0.15, -0.1) is 0 Å². The lowest BCUT2D eigenvalue weighted by atomic mass is 9.78. The molecule has 0 saturated carbocycles. The summed E-state index contributed by atoms with van der Waals surface area (Å²) in [5.74, 6) is 0.204. The van der Waals surface area contributed by atoms with Crippen LogP contribution in [0.1, 0.15) is 45.6 Å². The molecular formula is C17H26BNO3. The smallest absolute Gasteiger partial charge is 0.399 e. The molecule has 1 atom stereocenters. The van der Waals surface area contributed by atoms with E-state index in [4.69, 9.17) is 9.31 Å². The van der Waals surface area contributed by atoms with Crippen LogP contribution in [-0.4, -0.2) is 38.2 Å². The molecule has 1 aliphatic heterocycles. The van der Waals surface area contributed by atoms with Crippen molar-refractivity contribution in [3.05, 3.63) is 29.8 Å². The van der Waals surface area contributed by atoms with Crippen molar-refractivity contribution in [2.75, 3.05) is 13.6 Å². The average Bonchev–Trinajstić information content (AvgIpc) is 2.67. The lowest BCUT2D eigenvalue weighted by Crippen LogP contribution is -2.41. The predicted octanol–water partition coefficient (Wildman–Crippen LogP) is 1.88. The molecule has 1 aromatic rings. The average molecular weight is 303 g/mol. The molecule has 0 spiro atoms. The number of rotatable bonds is 6. The van der Waals surface area contributed by atoms with Gasteiger partial charge in [-0.25, -0.2) is 0 Å². The van der Waals surface area contributed by atoms with Crippen LogP contribution in [-0.2, 0) is 14.1 Å². The van der Waals surface area contributed by atoms with Crippen molar-refractivity contribution in [2.45, 2.75) is 51.2 Å². The summed E-state index contributed by atoms with van der Waals surface area (Å²) < 4.78 is 12.1. The van der Waals surface area contributed by atoms with Crippen LogP contribution in [0.15, 0.2) is 24.3 Å². The first kappa shape index (κ1) is 17.2. The highest BCUT2D eigenvalue weighted by Crippen LogP contribution is 2.36. The molecule has 0 amide bonds. The number of likely N-dealkylation sites (N-methyl/N-ethyl adjacent to an activating group) is 1. The summed E-state index contributed by atoms with van der Waals surface area (Å²) in [5.41, 5.74) is 1.50. The lowest BCUT2D eigenvalue weighted by Gasteiger charge is -2.32. The molecule has 1 unspecified atom stereocenters. The maximum atomic E-state index is 10.8. The largest absolute Gasteiger partial charge is 0.494 e. The molecule has 5 heteroatoms. The second-order valence-electron chi connectivity index (χ2n) is 6.91. The molecule has 1 N–H and O–H groups in total. The molecule has 0 radical (unpaired) electrons. The third-order valence-corrected chi connectivity index (χ3v) is 4.76. The van der Waals surface area contributed by atoms with Crippen LogP contribution in [0.25, 0.3) is 0 Å².